The van der Waals surface area contributed by atoms with Crippen molar-refractivity contribution in [2.24, 2.45) is 0 Å². The molecule has 0 radical (unpaired) electrons. The molecule has 0 amide bonds. The van der Waals surface area contributed by atoms with Gasteiger partial charge in [-0.2, -0.15) is 0 Å². The molecule has 1 heterocycles. The van der Waals surface area contributed by atoms with Crippen molar-refractivity contribution in [2.45, 2.75) is 23.5 Å². The van der Waals surface area contributed by atoms with Gasteiger partial charge >= 0.3 is 0 Å². The Morgan fingerprint density at radius 3 is 1.92 bits per heavy atom. The van der Waals surface area contributed by atoms with Gasteiger partial charge in [-0.3, -0.25) is 0 Å². The van der Waals surface area contributed by atoms with Gasteiger partial charge in [-0.15, -0.1) is 11.8 Å². The summed E-state index contributed by atoms with van der Waals surface area (Å²) in [4.78, 5) is 0. The number of thioether (sulfide) groups is 1. The molecule has 0 aromatic carbocycles. The molecule has 0 aliphatic carbocycles. The van der Waals surface area contributed by atoms with Gasteiger partial charge < -0.3 is 0 Å². The SMILES string of the molecule is FC(F)C1(F)C(F)SCC1(F)F. The van der Waals surface area contributed by atoms with Crippen molar-refractivity contribution < 1.29 is 26.3 Å². The summed E-state index contributed by atoms with van der Waals surface area (Å²) < 4.78 is 73.3. The minimum Gasteiger partial charge on any atom is -0.232 e. The van der Waals surface area contributed by atoms with Gasteiger partial charge in [0.1, 0.15) is 0 Å². The maximum Gasteiger partial charge on any atom is 0.299 e. The fourth-order valence-electron chi connectivity index (χ4n) is 0.834. The maximum absolute atomic E-state index is 12.7. The van der Waals surface area contributed by atoms with Crippen LogP contribution in [0.2, 0.25) is 0 Å². The van der Waals surface area contributed by atoms with Gasteiger partial charge in [0.25, 0.3) is 18.0 Å². The standard InChI is InChI=1S/C5H4F6S/c6-2(7)5(11)3(8)12-1-4(5,9)10/h2-3H,1H2. The molecule has 0 nitrogen and oxygen atoms in total. The zero-order valence-corrected chi connectivity index (χ0v) is 6.35. The Labute approximate surface area is 68.3 Å². The van der Waals surface area contributed by atoms with Gasteiger partial charge in [0.05, 0.1) is 5.75 Å². The van der Waals surface area contributed by atoms with E-state index in [1.54, 1.807) is 0 Å². The molecule has 12 heavy (non-hydrogen) atoms. The van der Waals surface area contributed by atoms with E-state index in [0.717, 1.165) is 0 Å². The minimum absolute atomic E-state index is 0.132. The molecule has 0 spiro atoms. The number of halogens is 6. The predicted octanol–water partition coefficient (Wildman–Crippen LogP) is 2.64. The van der Waals surface area contributed by atoms with Crippen LogP contribution in [-0.4, -0.2) is 29.3 Å². The fraction of sp³-hybridized carbons (Fsp3) is 1.00. The normalized spacial score (nSPS) is 40.8. The quantitative estimate of drug-likeness (QED) is 0.599. The van der Waals surface area contributed by atoms with Crippen LogP contribution in [0.1, 0.15) is 0 Å². The summed E-state index contributed by atoms with van der Waals surface area (Å²) in [6.45, 7) is 0. The van der Waals surface area contributed by atoms with Crippen molar-refractivity contribution >= 4 is 11.8 Å². The molecule has 0 saturated carbocycles. The minimum atomic E-state index is -4.32. The van der Waals surface area contributed by atoms with Crippen molar-refractivity contribution in [3.63, 3.8) is 0 Å². The molecule has 2 unspecified atom stereocenters. The molecule has 0 N–H and O–H groups in total. The van der Waals surface area contributed by atoms with Crippen molar-refractivity contribution in [1.82, 2.24) is 0 Å². The lowest BCUT2D eigenvalue weighted by molar-refractivity contribution is -0.189. The molecule has 72 valence electrons. The Hall–Kier alpha value is -0.0700. The van der Waals surface area contributed by atoms with E-state index in [2.05, 4.69) is 0 Å². The number of hydrogen-bond donors (Lipinski definition) is 0. The van der Waals surface area contributed by atoms with E-state index in [-0.39, 0.29) is 11.8 Å². The van der Waals surface area contributed by atoms with Crippen LogP contribution in [0, 0.1) is 0 Å². The zero-order chi connectivity index (χ0) is 9.57. The molecule has 1 rings (SSSR count). The highest BCUT2D eigenvalue weighted by Gasteiger charge is 2.71. The van der Waals surface area contributed by atoms with E-state index >= 15 is 0 Å². The molecule has 0 aromatic rings. The summed E-state index contributed by atoms with van der Waals surface area (Å²) in [6, 6.07) is 0. The Morgan fingerprint density at radius 2 is 1.75 bits per heavy atom. The molecule has 1 aliphatic heterocycles. The Bertz CT molecular complexity index is 183. The van der Waals surface area contributed by atoms with Crippen LogP contribution in [0.4, 0.5) is 26.3 Å². The third kappa shape index (κ3) is 1.09. The molecule has 0 aromatic heterocycles. The van der Waals surface area contributed by atoms with Crippen molar-refractivity contribution in [1.29, 1.82) is 0 Å². The average molecular weight is 210 g/mol. The molecule has 1 aliphatic rings. The highest BCUT2D eigenvalue weighted by Crippen LogP contribution is 2.52. The van der Waals surface area contributed by atoms with Crippen LogP contribution >= 0.6 is 11.8 Å². The van der Waals surface area contributed by atoms with Crippen LogP contribution in [0.15, 0.2) is 0 Å². The topological polar surface area (TPSA) is 0 Å². The largest absolute Gasteiger partial charge is 0.299 e. The first kappa shape index (κ1) is 10.0. The van der Waals surface area contributed by atoms with Crippen LogP contribution in [0.5, 0.6) is 0 Å². The summed E-state index contributed by atoms with van der Waals surface area (Å²) in [5.41, 5.74) is -7.18. The lowest BCUT2D eigenvalue weighted by Gasteiger charge is -2.26. The van der Waals surface area contributed by atoms with Gasteiger partial charge in [-0.05, 0) is 0 Å². The molecule has 1 fully saturated rings. The predicted molar refractivity (Wildman–Crippen MR) is 32.1 cm³/mol. The van der Waals surface area contributed by atoms with Crippen molar-refractivity contribution in [3.8, 4) is 0 Å². The second-order valence-corrected chi connectivity index (χ2v) is 3.44. The Morgan fingerprint density at radius 1 is 1.25 bits per heavy atom. The first-order valence-corrected chi connectivity index (χ1v) is 3.98. The van der Waals surface area contributed by atoms with Crippen LogP contribution in [-0.2, 0) is 0 Å². The van der Waals surface area contributed by atoms with Gasteiger partial charge in [-0.1, -0.05) is 0 Å². The lowest BCUT2D eigenvalue weighted by atomic mass is 10.0. The van der Waals surface area contributed by atoms with E-state index in [0.29, 0.717) is 0 Å². The number of rotatable bonds is 1. The number of hydrogen-bond acceptors (Lipinski definition) is 1. The smallest absolute Gasteiger partial charge is 0.232 e. The summed E-state index contributed by atoms with van der Waals surface area (Å²) >= 11 is -0.132. The van der Waals surface area contributed by atoms with E-state index in [4.69, 9.17) is 0 Å². The highest BCUT2D eigenvalue weighted by atomic mass is 32.2. The average Bonchev–Trinajstić information content (AvgIpc) is 2.15. The van der Waals surface area contributed by atoms with Crippen LogP contribution in [0.25, 0.3) is 0 Å². The Kier molecular flexibility index (Phi) is 2.26. The molecule has 0 bridgehead atoms. The molecule has 2 atom stereocenters. The first-order valence-electron chi connectivity index (χ1n) is 2.93. The molecule has 7 heteroatoms. The van der Waals surface area contributed by atoms with Crippen LogP contribution < -0.4 is 0 Å². The van der Waals surface area contributed by atoms with E-state index in [1.807, 2.05) is 0 Å². The van der Waals surface area contributed by atoms with Crippen molar-refractivity contribution in [2.75, 3.05) is 5.75 Å². The van der Waals surface area contributed by atoms with Gasteiger partial charge in [-0.25, -0.2) is 26.3 Å². The summed E-state index contributed by atoms with van der Waals surface area (Å²) in [5, 5.41) is 0. The highest BCUT2D eigenvalue weighted by molar-refractivity contribution is 8.00. The van der Waals surface area contributed by atoms with Gasteiger partial charge in [0, 0.05) is 0 Å². The molecule has 1 saturated heterocycles. The number of alkyl halides is 6. The second kappa shape index (κ2) is 2.71. The fourth-order valence-corrected chi connectivity index (χ4v) is 1.93. The molecular formula is C5H4F6S. The van der Waals surface area contributed by atoms with E-state index < -0.39 is 29.3 Å². The van der Waals surface area contributed by atoms with E-state index in [9.17, 15) is 26.3 Å². The van der Waals surface area contributed by atoms with Gasteiger partial charge in [0.15, 0.2) is 5.50 Å². The second-order valence-electron chi connectivity index (χ2n) is 2.40. The maximum atomic E-state index is 12.7. The van der Waals surface area contributed by atoms with E-state index in [1.165, 1.54) is 0 Å². The zero-order valence-electron chi connectivity index (χ0n) is 5.54. The summed E-state index contributed by atoms with van der Waals surface area (Å²) in [5.74, 6) is -5.53. The summed E-state index contributed by atoms with van der Waals surface area (Å²) in [7, 11) is 0. The summed E-state index contributed by atoms with van der Waals surface area (Å²) in [6.07, 6.45) is -4.00. The molecular weight excluding hydrogens is 206 g/mol. The first-order chi connectivity index (χ1) is 5.32. The monoisotopic (exact) mass is 210 g/mol. The lowest BCUT2D eigenvalue weighted by Crippen LogP contribution is -2.51. The third-order valence-electron chi connectivity index (χ3n) is 1.62. The van der Waals surface area contributed by atoms with Crippen molar-refractivity contribution in [3.05, 3.63) is 0 Å². The van der Waals surface area contributed by atoms with Crippen LogP contribution in [0.3, 0.4) is 0 Å². The van der Waals surface area contributed by atoms with Gasteiger partial charge in [0.2, 0.25) is 0 Å². The third-order valence-corrected chi connectivity index (χ3v) is 2.78. The Balaban J connectivity index is 2.97.